The molecular formula is C26H37N3O5S. The molecule has 8 nitrogen and oxygen atoms in total. The number of carbonyl (C=O) groups is 2. The van der Waals surface area contributed by atoms with E-state index in [-0.39, 0.29) is 24.2 Å². The van der Waals surface area contributed by atoms with E-state index in [9.17, 15) is 18.0 Å². The largest absolute Gasteiger partial charge is 0.492 e. The molecule has 0 aromatic heterocycles. The lowest BCUT2D eigenvalue weighted by Gasteiger charge is -2.33. The van der Waals surface area contributed by atoms with Gasteiger partial charge in [-0.05, 0) is 57.4 Å². The number of benzene rings is 2. The summed E-state index contributed by atoms with van der Waals surface area (Å²) in [5, 5.41) is 2.89. The highest BCUT2D eigenvalue weighted by Crippen LogP contribution is 2.30. The monoisotopic (exact) mass is 503 g/mol. The maximum absolute atomic E-state index is 13.7. The molecule has 0 heterocycles. The van der Waals surface area contributed by atoms with Gasteiger partial charge in [-0.15, -0.1) is 0 Å². The van der Waals surface area contributed by atoms with Crippen LogP contribution < -0.4 is 14.4 Å². The van der Waals surface area contributed by atoms with Crippen LogP contribution in [0.25, 0.3) is 0 Å². The standard InChI is InChI=1S/C26H37N3O5S/c1-7-22(26(31)27-19(3)4)28(17-21-14-10-9-13-20(21)5)25(30)18-29(35(6,32)33)23-15-11-12-16-24(23)34-8-2/h9-16,19,22H,7-8,17-18H2,1-6H3,(H,27,31)/t22-/m0/s1. The zero-order valence-corrected chi connectivity index (χ0v) is 22.3. The van der Waals surface area contributed by atoms with Crippen molar-refractivity contribution in [3.63, 3.8) is 0 Å². The minimum Gasteiger partial charge on any atom is -0.492 e. The van der Waals surface area contributed by atoms with E-state index in [0.717, 1.165) is 21.7 Å². The highest BCUT2D eigenvalue weighted by atomic mass is 32.2. The summed E-state index contributed by atoms with van der Waals surface area (Å²) in [5.74, 6) is -0.385. The van der Waals surface area contributed by atoms with Crippen molar-refractivity contribution in [2.45, 2.75) is 59.7 Å². The number of nitrogens with one attached hydrogen (secondary N) is 1. The van der Waals surface area contributed by atoms with Crippen LogP contribution in [0.2, 0.25) is 0 Å². The van der Waals surface area contributed by atoms with Crippen molar-refractivity contribution in [2.75, 3.05) is 23.7 Å². The first kappa shape index (κ1) is 28.2. The second-order valence-electron chi connectivity index (χ2n) is 8.71. The number of rotatable bonds is 12. The SMILES string of the molecule is CCOc1ccccc1N(CC(=O)N(Cc1ccccc1C)[C@@H](CC)C(=O)NC(C)C)S(C)(=O)=O. The fourth-order valence-electron chi connectivity index (χ4n) is 3.81. The number of amides is 2. The summed E-state index contributed by atoms with van der Waals surface area (Å²) in [5.41, 5.74) is 2.14. The van der Waals surface area contributed by atoms with Gasteiger partial charge in [0.05, 0.1) is 18.6 Å². The van der Waals surface area contributed by atoms with Crippen LogP contribution in [0.15, 0.2) is 48.5 Å². The predicted molar refractivity (Wildman–Crippen MR) is 139 cm³/mol. The molecule has 1 atom stereocenters. The van der Waals surface area contributed by atoms with E-state index in [1.807, 2.05) is 52.0 Å². The molecule has 0 radical (unpaired) electrons. The zero-order chi connectivity index (χ0) is 26.2. The van der Waals surface area contributed by atoms with Gasteiger partial charge in [0.15, 0.2) is 0 Å². The van der Waals surface area contributed by atoms with Gasteiger partial charge in [-0.25, -0.2) is 8.42 Å². The number of carbonyl (C=O) groups excluding carboxylic acids is 2. The molecule has 9 heteroatoms. The normalized spacial score (nSPS) is 12.2. The lowest BCUT2D eigenvalue weighted by molar-refractivity contribution is -0.140. The Labute approximate surface area is 209 Å². The molecule has 2 rings (SSSR count). The second-order valence-corrected chi connectivity index (χ2v) is 10.6. The fourth-order valence-corrected chi connectivity index (χ4v) is 4.66. The van der Waals surface area contributed by atoms with E-state index in [1.165, 1.54) is 4.90 Å². The van der Waals surface area contributed by atoms with Gasteiger partial charge in [0.1, 0.15) is 18.3 Å². The molecule has 2 amide bonds. The third kappa shape index (κ3) is 7.71. The van der Waals surface area contributed by atoms with E-state index in [0.29, 0.717) is 18.8 Å². The van der Waals surface area contributed by atoms with Crippen LogP contribution >= 0.6 is 0 Å². The number of hydrogen-bond acceptors (Lipinski definition) is 5. The van der Waals surface area contributed by atoms with E-state index < -0.39 is 28.5 Å². The molecule has 0 saturated heterocycles. The van der Waals surface area contributed by atoms with Gasteiger partial charge >= 0.3 is 0 Å². The Bertz CT molecular complexity index is 1120. The van der Waals surface area contributed by atoms with Crippen molar-refractivity contribution in [3.05, 3.63) is 59.7 Å². The van der Waals surface area contributed by atoms with Gasteiger partial charge in [-0.1, -0.05) is 43.3 Å². The average Bonchev–Trinajstić information content (AvgIpc) is 2.78. The van der Waals surface area contributed by atoms with Gasteiger partial charge in [0, 0.05) is 12.6 Å². The van der Waals surface area contributed by atoms with Crippen LogP contribution in [-0.2, 0) is 26.2 Å². The van der Waals surface area contributed by atoms with Crippen LogP contribution in [0.3, 0.4) is 0 Å². The van der Waals surface area contributed by atoms with Crippen LogP contribution in [-0.4, -0.2) is 56.6 Å². The molecule has 2 aromatic rings. The van der Waals surface area contributed by atoms with Crippen molar-refractivity contribution in [3.8, 4) is 5.75 Å². The molecule has 0 fully saturated rings. The first-order valence-corrected chi connectivity index (χ1v) is 13.7. The Morgan fingerprint density at radius 2 is 1.66 bits per heavy atom. The van der Waals surface area contributed by atoms with Gasteiger partial charge < -0.3 is 15.0 Å². The van der Waals surface area contributed by atoms with Crippen LogP contribution in [0.4, 0.5) is 5.69 Å². The van der Waals surface area contributed by atoms with Gasteiger partial charge in [-0.2, -0.15) is 0 Å². The number of hydrogen-bond donors (Lipinski definition) is 1. The quantitative estimate of drug-likeness (QED) is 0.478. The van der Waals surface area contributed by atoms with E-state index in [1.54, 1.807) is 31.2 Å². The highest BCUT2D eigenvalue weighted by molar-refractivity contribution is 7.92. The van der Waals surface area contributed by atoms with Gasteiger partial charge in [-0.3, -0.25) is 13.9 Å². The van der Waals surface area contributed by atoms with Crippen molar-refractivity contribution >= 4 is 27.5 Å². The lowest BCUT2D eigenvalue weighted by atomic mass is 10.1. The first-order valence-electron chi connectivity index (χ1n) is 11.8. The predicted octanol–water partition coefficient (Wildman–Crippen LogP) is 3.49. The molecule has 0 bridgehead atoms. The number of ether oxygens (including phenoxy) is 1. The fraction of sp³-hybridized carbons (Fsp3) is 0.462. The topological polar surface area (TPSA) is 96.0 Å². The zero-order valence-electron chi connectivity index (χ0n) is 21.4. The average molecular weight is 504 g/mol. The molecule has 35 heavy (non-hydrogen) atoms. The number of nitrogens with zero attached hydrogens (tertiary/aromatic N) is 2. The Morgan fingerprint density at radius 1 is 1.03 bits per heavy atom. The van der Waals surface area contributed by atoms with Crippen LogP contribution in [0, 0.1) is 6.92 Å². The molecule has 0 spiro atoms. The van der Waals surface area contributed by atoms with Crippen LogP contribution in [0.1, 0.15) is 45.2 Å². The van der Waals surface area contributed by atoms with E-state index >= 15 is 0 Å². The molecule has 192 valence electrons. The number of aryl methyl sites for hydroxylation is 1. The van der Waals surface area contributed by atoms with Crippen molar-refractivity contribution in [1.29, 1.82) is 0 Å². The molecule has 0 saturated carbocycles. The third-order valence-corrected chi connectivity index (χ3v) is 6.66. The molecule has 0 aliphatic carbocycles. The Balaban J connectivity index is 2.50. The Kier molecular flexibility index (Phi) is 10.1. The Morgan fingerprint density at radius 3 is 2.23 bits per heavy atom. The maximum Gasteiger partial charge on any atom is 0.244 e. The first-order chi connectivity index (χ1) is 16.5. The summed E-state index contributed by atoms with van der Waals surface area (Å²) < 4.78 is 32.3. The van der Waals surface area contributed by atoms with Gasteiger partial charge in [0.2, 0.25) is 21.8 Å². The highest BCUT2D eigenvalue weighted by Gasteiger charge is 2.32. The molecule has 0 aliphatic heterocycles. The van der Waals surface area contributed by atoms with Crippen molar-refractivity contribution < 1.29 is 22.7 Å². The minimum atomic E-state index is -3.83. The summed E-state index contributed by atoms with van der Waals surface area (Å²) in [6.07, 6.45) is 1.43. The smallest absolute Gasteiger partial charge is 0.244 e. The lowest BCUT2D eigenvalue weighted by Crippen LogP contribution is -2.53. The van der Waals surface area contributed by atoms with E-state index in [4.69, 9.17) is 4.74 Å². The number of anilines is 1. The summed E-state index contributed by atoms with van der Waals surface area (Å²) in [6, 6.07) is 13.5. The summed E-state index contributed by atoms with van der Waals surface area (Å²) >= 11 is 0. The summed E-state index contributed by atoms with van der Waals surface area (Å²) in [6.45, 7) is 9.35. The van der Waals surface area contributed by atoms with Crippen molar-refractivity contribution in [2.24, 2.45) is 0 Å². The van der Waals surface area contributed by atoms with Gasteiger partial charge in [0.25, 0.3) is 0 Å². The number of sulfonamides is 1. The summed E-state index contributed by atoms with van der Waals surface area (Å²) in [4.78, 5) is 28.3. The van der Waals surface area contributed by atoms with Crippen LogP contribution in [0.5, 0.6) is 5.75 Å². The molecule has 0 unspecified atom stereocenters. The second kappa shape index (κ2) is 12.6. The third-order valence-electron chi connectivity index (χ3n) is 5.53. The minimum absolute atomic E-state index is 0.0995. The molecule has 1 N–H and O–H groups in total. The van der Waals surface area contributed by atoms with Crippen molar-refractivity contribution in [1.82, 2.24) is 10.2 Å². The number of para-hydroxylation sites is 2. The Hall–Kier alpha value is -3.07. The molecule has 2 aromatic carbocycles. The molecular weight excluding hydrogens is 466 g/mol. The summed E-state index contributed by atoms with van der Waals surface area (Å²) in [7, 11) is -3.83. The molecule has 0 aliphatic rings. The van der Waals surface area contributed by atoms with E-state index in [2.05, 4.69) is 5.32 Å². The maximum atomic E-state index is 13.7.